The zero-order valence-electron chi connectivity index (χ0n) is 11.9. The smallest absolute Gasteiger partial charge is 0.220 e. The summed E-state index contributed by atoms with van der Waals surface area (Å²) in [6, 6.07) is 0. The first-order valence-corrected chi connectivity index (χ1v) is 7.12. The molecule has 18 heavy (non-hydrogen) atoms. The van der Waals surface area contributed by atoms with Gasteiger partial charge in [-0.15, -0.1) is 0 Å². The van der Waals surface area contributed by atoms with E-state index in [2.05, 4.69) is 19.2 Å². The molecule has 0 atom stereocenters. The number of carbonyl (C=O) groups excluding carboxylic acids is 1. The SMILES string of the molecule is CC(C)CCCCCCC(=O)NCCOCCO. The van der Waals surface area contributed by atoms with Gasteiger partial charge in [0.15, 0.2) is 0 Å². The maximum Gasteiger partial charge on any atom is 0.220 e. The third-order valence-corrected chi connectivity index (χ3v) is 2.74. The number of aliphatic hydroxyl groups is 1. The summed E-state index contributed by atoms with van der Waals surface area (Å²) in [5.41, 5.74) is 0. The van der Waals surface area contributed by atoms with E-state index in [0.717, 1.165) is 18.8 Å². The molecule has 0 heterocycles. The van der Waals surface area contributed by atoms with Crippen LogP contribution in [0.1, 0.15) is 52.4 Å². The van der Waals surface area contributed by atoms with Crippen molar-refractivity contribution >= 4 is 5.91 Å². The van der Waals surface area contributed by atoms with Crippen LogP contribution in [0.2, 0.25) is 0 Å². The summed E-state index contributed by atoms with van der Waals surface area (Å²) >= 11 is 0. The molecular formula is C14H29NO3. The van der Waals surface area contributed by atoms with Crippen LogP contribution >= 0.6 is 0 Å². The Morgan fingerprint density at radius 1 is 1.17 bits per heavy atom. The summed E-state index contributed by atoms with van der Waals surface area (Å²) in [4.78, 5) is 11.4. The highest BCUT2D eigenvalue weighted by Crippen LogP contribution is 2.10. The van der Waals surface area contributed by atoms with Crippen LogP contribution in [0.15, 0.2) is 0 Å². The summed E-state index contributed by atoms with van der Waals surface area (Å²) in [6.45, 7) is 5.86. The van der Waals surface area contributed by atoms with Crippen LogP contribution in [0, 0.1) is 5.92 Å². The van der Waals surface area contributed by atoms with Crippen LogP contribution < -0.4 is 5.32 Å². The lowest BCUT2D eigenvalue weighted by Crippen LogP contribution is -2.27. The van der Waals surface area contributed by atoms with Gasteiger partial charge in [-0.3, -0.25) is 4.79 Å². The molecule has 0 saturated heterocycles. The molecule has 108 valence electrons. The fraction of sp³-hybridized carbons (Fsp3) is 0.929. The van der Waals surface area contributed by atoms with Gasteiger partial charge in [0.05, 0.1) is 19.8 Å². The molecule has 0 radical (unpaired) electrons. The number of unbranched alkanes of at least 4 members (excludes halogenated alkanes) is 3. The van der Waals surface area contributed by atoms with Crippen LogP contribution in [0.25, 0.3) is 0 Å². The Kier molecular flexibility index (Phi) is 12.4. The second-order valence-electron chi connectivity index (χ2n) is 5.03. The molecule has 0 aromatic rings. The van der Waals surface area contributed by atoms with E-state index in [4.69, 9.17) is 9.84 Å². The second-order valence-corrected chi connectivity index (χ2v) is 5.03. The fourth-order valence-electron chi connectivity index (χ4n) is 1.71. The minimum Gasteiger partial charge on any atom is -0.394 e. The molecule has 0 aromatic carbocycles. The molecule has 0 unspecified atom stereocenters. The first-order valence-electron chi connectivity index (χ1n) is 7.12. The topological polar surface area (TPSA) is 58.6 Å². The highest BCUT2D eigenvalue weighted by molar-refractivity contribution is 5.75. The van der Waals surface area contributed by atoms with Gasteiger partial charge in [0, 0.05) is 13.0 Å². The number of hydrogen-bond acceptors (Lipinski definition) is 3. The zero-order chi connectivity index (χ0) is 13.6. The van der Waals surface area contributed by atoms with Gasteiger partial charge in [-0.2, -0.15) is 0 Å². The second kappa shape index (κ2) is 12.8. The van der Waals surface area contributed by atoms with Crippen molar-refractivity contribution in [2.45, 2.75) is 52.4 Å². The Hall–Kier alpha value is -0.610. The molecule has 0 aliphatic carbocycles. The zero-order valence-corrected chi connectivity index (χ0v) is 11.9. The van der Waals surface area contributed by atoms with Crippen LogP contribution in [0.5, 0.6) is 0 Å². The van der Waals surface area contributed by atoms with Gasteiger partial charge in [-0.25, -0.2) is 0 Å². The molecule has 0 saturated carbocycles. The predicted molar refractivity (Wildman–Crippen MR) is 73.5 cm³/mol. The lowest BCUT2D eigenvalue weighted by atomic mass is 10.0. The third-order valence-electron chi connectivity index (χ3n) is 2.74. The molecule has 0 aliphatic rings. The van der Waals surface area contributed by atoms with E-state index in [1.165, 1.54) is 19.3 Å². The number of nitrogens with one attached hydrogen (secondary N) is 1. The minimum absolute atomic E-state index is 0.0321. The Labute approximate surface area is 111 Å². The molecule has 0 spiro atoms. The van der Waals surface area contributed by atoms with Gasteiger partial charge in [-0.05, 0) is 12.3 Å². The van der Waals surface area contributed by atoms with Crippen molar-refractivity contribution in [2.24, 2.45) is 5.92 Å². The molecule has 2 N–H and O–H groups in total. The van der Waals surface area contributed by atoms with Crippen molar-refractivity contribution in [1.29, 1.82) is 0 Å². The Balaban J connectivity index is 3.17. The highest BCUT2D eigenvalue weighted by atomic mass is 16.5. The monoisotopic (exact) mass is 259 g/mol. The van der Waals surface area contributed by atoms with Gasteiger partial charge in [-0.1, -0.05) is 39.5 Å². The van der Waals surface area contributed by atoms with Crippen LogP contribution in [0.4, 0.5) is 0 Å². The van der Waals surface area contributed by atoms with Crippen LogP contribution in [0.3, 0.4) is 0 Å². The lowest BCUT2D eigenvalue weighted by Gasteiger charge is -2.06. The molecule has 0 bridgehead atoms. The number of carbonyl (C=O) groups is 1. The quantitative estimate of drug-likeness (QED) is 0.528. The molecule has 0 aliphatic heterocycles. The van der Waals surface area contributed by atoms with E-state index >= 15 is 0 Å². The first kappa shape index (κ1) is 17.4. The molecular weight excluding hydrogens is 230 g/mol. The van der Waals surface area contributed by atoms with Crippen LogP contribution in [-0.4, -0.2) is 37.4 Å². The fourth-order valence-corrected chi connectivity index (χ4v) is 1.71. The molecule has 1 amide bonds. The number of ether oxygens (including phenoxy) is 1. The molecule has 4 nitrogen and oxygen atoms in total. The lowest BCUT2D eigenvalue weighted by molar-refractivity contribution is -0.121. The van der Waals surface area contributed by atoms with Crippen molar-refractivity contribution < 1.29 is 14.6 Å². The van der Waals surface area contributed by atoms with Crippen molar-refractivity contribution in [3.63, 3.8) is 0 Å². The maximum absolute atomic E-state index is 11.4. The summed E-state index contributed by atoms with van der Waals surface area (Å²) in [6.07, 6.45) is 6.51. The average molecular weight is 259 g/mol. The van der Waals surface area contributed by atoms with E-state index in [9.17, 15) is 4.79 Å². The van der Waals surface area contributed by atoms with Crippen LogP contribution in [-0.2, 0) is 9.53 Å². The standard InChI is InChI=1S/C14H29NO3/c1-13(2)7-5-3-4-6-8-14(17)15-9-11-18-12-10-16/h13,16H,3-12H2,1-2H3,(H,15,17). The van der Waals surface area contributed by atoms with Crippen molar-refractivity contribution in [3.8, 4) is 0 Å². The van der Waals surface area contributed by atoms with Gasteiger partial charge in [0.2, 0.25) is 5.91 Å². The molecule has 0 aromatic heterocycles. The highest BCUT2D eigenvalue weighted by Gasteiger charge is 2.00. The van der Waals surface area contributed by atoms with Gasteiger partial charge < -0.3 is 15.2 Å². The van der Waals surface area contributed by atoms with E-state index in [1.807, 2.05) is 0 Å². The molecule has 0 rings (SSSR count). The van der Waals surface area contributed by atoms with Gasteiger partial charge in [0.25, 0.3) is 0 Å². The van der Waals surface area contributed by atoms with Crippen molar-refractivity contribution in [1.82, 2.24) is 5.32 Å². The largest absolute Gasteiger partial charge is 0.394 e. The first-order chi connectivity index (χ1) is 8.66. The Morgan fingerprint density at radius 2 is 1.89 bits per heavy atom. The maximum atomic E-state index is 11.4. The number of aliphatic hydroxyl groups excluding tert-OH is 1. The number of rotatable bonds is 12. The number of amides is 1. The molecule has 0 fully saturated rings. The Morgan fingerprint density at radius 3 is 2.56 bits per heavy atom. The van der Waals surface area contributed by atoms with E-state index in [0.29, 0.717) is 26.2 Å². The van der Waals surface area contributed by atoms with Crippen molar-refractivity contribution in [3.05, 3.63) is 0 Å². The summed E-state index contributed by atoms with van der Waals surface area (Å²) < 4.78 is 5.05. The Bertz CT molecular complexity index is 195. The van der Waals surface area contributed by atoms with E-state index in [-0.39, 0.29) is 12.5 Å². The van der Waals surface area contributed by atoms with E-state index in [1.54, 1.807) is 0 Å². The summed E-state index contributed by atoms with van der Waals surface area (Å²) in [5, 5.41) is 11.3. The van der Waals surface area contributed by atoms with E-state index < -0.39 is 0 Å². The average Bonchev–Trinajstić information content (AvgIpc) is 2.33. The third kappa shape index (κ3) is 13.5. The summed E-state index contributed by atoms with van der Waals surface area (Å²) in [5.74, 6) is 0.888. The number of hydrogen-bond donors (Lipinski definition) is 2. The minimum atomic E-state index is 0.0321. The van der Waals surface area contributed by atoms with Gasteiger partial charge >= 0.3 is 0 Å². The van der Waals surface area contributed by atoms with Gasteiger partial charge in [0.1, 0.15) is 0 Å². The molecule has 4 heteroatoms. The normalized spacial score (nSPS) is 10.9. The summed E-state index contributed by atoms with van der Waals surface area (Å²) in [7, 11) is 0. The predicted octanol–water partition coefficient (Wildman–Crippen LogP) is 2.11. The van der Waals surface area contributed by atoms with Crippen molar-refractivity contribution in [2.75, 3.05) is 26.4 Å².